The van der Waals surface area contributed by atoms with Gasteiger partial charge < -0.3 is 4.74 Å². The number of nitrogens with zero attached hydrogens (tertiary/aromatic N) is 1. The van der Waals surface area contributed by atoms with Gasteiger partial charge in [-0.05, 0) is 38.0 Å². The molecule has 1 aromatic heterocycles. The molecule has 5 heteroatoms. The van der Waals surface area contributed by atoms with Crippen LogP contribution in [0.2, 0.25) is 0 Å². The van der Waals surface area contributed by atoms with Gasteiger partial charge in [-0.3, -0.25) is 10.1 Å². The average molecular weight is 266 g/mol. The second-order valence-electron chi connectivity index (χ2n) is 5.23. The molecule has 0 aromatic carbocycles. The van der Waals surface area contributed by atoms with E-state index < -0.39 is 0 Å². The maximum absolute atomic E-state index is 11.9. The molecule has 3 rings (SSSR count). The van der Waals surface area contributed by atoms with Crippen molar-refractivity contribution in [2.45, 2.75) is 45.1 Å². The zero-order chi connectivity index (χ0) is 12.5. The molecular formula is C13H18N2O2S. The third-order valence-electron chi connectivity index (χ3n) is 3.64. The molecule has 4 nitrogen and oxygen atoms in total. The van der Waals surface area contributed by atoms with E-state index in [1.54, 1.807) is 11.3 Å². The molecule has 0 saturated carbocycles. The number of aromatic nitrogens is 1. The van der Waals surface area contributed by atoms with Crippen molar-refractivity contribution in [3.63, 3.8) is 0 Å². The first kappa shape index (κ1) is 12.1. The minimum atomic E-state index is -0.273. The number of ether oxygens (including phenoxy) is 1. The monoisotopic (exact) mass is 266 g/mol. The van der Waals surface area contributed by atoms with Crippen LogP contribution in [-0.4, -0.2) is 23.6 Å². The fourth-order valence-electron chi connectivity index (χ4n) is 2.56. The number of amides is 1. The number of anilines is 1. The van der Waals surface area contributed by atoms with Gasteiger partial charge in [0.2, 0.25) is 0 Å². The van der Waals surface area contributed by atoms with Gasteiger partial charge in [0.05, 0.1) is 5.69 Å². The first-order valence-corrected chi connectivity index (χ1v) is 7.45. The smallest absolute Gasteiger partial charge is 0.255 e. The summed E-state index contributed by atoms with van der Waals surface area (Å²) in [7, 11) is 0. The number of aryl methyl sites for hydroxylation is 1. The number of hydrogen-bond donors (Lipinski definition) is 1. The Labute approximate surface area is 111 Å². The lowest BCUT2D eigenvalue weighted by Gasteiger charge is -2.15. The van der Waals surface area contributed by atoms with E-state index >= 15 is 0 Å². The largest absolute Gasteiger partial charge is 0.368 e. The zero-order valence-electron chi connectivity index (χ0n) is 10.6. The van der Waals surface area contributed by atoms with Crippen LogP contribution in [0.15, 0.2) is 0 Å². The lowest BCUT2D eigenvalue weighted by Crippen LogP contribution is -2.26. The van der Waals surface area contributed by atoms with E-state index in [9.17, 15) is 4.79 Å². The quantitative estimate of drug-likeness (QED) is 0.894. The molecule has 18 heavy (non-hydrogen) atoms. The molecule has 1 aromatic rings. The van der Waals surface area contributed by atoms with E-state index in [4.69, 9.17) is 4.74 Å². The Morgan fingerprint density at radius 1 is 1.50 bits per heavy atom. The fourth-order valence-corrected chi connectivity index (χ4v) is 3.74. The third-order valence-corrected chi connectivity index (χ3v) is 4.67. The van der Waals surface area contributed by atoms with Crippen molar-refractivity contribution in [2.75, 3.05) is 11.9 Å². The first-order valence-electron chi connectivity index (χ1n) is 6.63. The second-order valence-corrected chi connectivity index (χ2v) is 6.31. The Bertz CT molecular complexity index is 452. The van der Waals surface area contributed by atoms with Gasteiger partial charge in [0.25, 0.3) is 5.91 Å². The van der Waals surface area contributed by atoms with Gasteiger partial charge in [-0.1, -0.05) is 6.92 Å². The SMILES string of the molecule is C[C@H]1CCc2nc(NC(=O)[C@@H]3CCCO3)sc2C1. The van der Waals surface area contributed by atoms with Gasteiger partial charge in [-0.2, -0.15) is 0 Å². The first-order chi connectivity index (χ1) is 8.72. The summed E-state index contributed by atoms with van der Waals surface area (Å²) >= 11 is 1.63. The molecule has 1 aliphatic heterocycles. The van der Waals surface area contributed by atoms with Crippen molar-refractivity contribution in [1.29, 1.82) is 0 Å². The van der Waals surface area contributed by atoms with E-state index in [-0.39, 0.29) is 12.0 Å². The van der Waals surface area contributed by atoms with Crippen LogP contribution in [-0.2, 0) is 22.4 Å². The summed E-state index contributed by atoms with van der Waals surface area (Å²) < 4.78 is 5.37. The number of carbonyl (C=O) groups excluding carboxylic acids is 1. The number of thiazole rings is 1. The summed E-state index contributed by atoms with van der Waals surface area (Å²) in [5.74, 6) is 0.700. The van der Waals surface area contributed by atoms with Gasteiger partial charge in [0.1, 0.15) is 6.10 Å². The van der Waals surface area contributed by atoms with Gasteiger partial charge in [0, 0.05) is 11.5 Å². The predicted octanol–water partition coefficient (Wildman–Crippen LogP) is 2.39. The molecule has 98 valence electrons. The molecule has 0 spiro atoms. The molecule has 0 bridgehead atoms. The minimum absolute atomic E-state index is 0.0355. The molecule has 2 heterocycles. The number of carbonyl (C=O) groups is 1. The van der Waals surface area contributed by atoms with Crippen molar-refractivity contribution in [3.8, 4) is 0 Å². The Morgan fingerprint density at radius 3 is 3.17 bits per heavy atom. The Hall–Kier alpha value is -0.940. The highest BCUT2D eigenvalue weighted by Crippen LogP contribution is 2.32. The summed E-state index contributed by atoms with van der Waals surface area (Å²) in [5, 5.41) is 3.64. The van der Waals surface area contributed by atoms with Crippen LogP contribution in [0.1, 0.15) is 36.8 Å². The molecule has 1 saturated heterocycles. The standard InChI is InChI=1S/C13H18N2O2S/c1-8-4-5-9-11(7-8)18-13(14-9)15-12(16)10-3-2-6-17-10/h8,10H,2-7H2,1H3,(H,14,15,16)/t8-,10-/m0/s1. The van der Waals surface area contributed by atoms with Crippen LogP contribution in [0.4, 0.5) is 5.13 Å². The van der Waals surface area contributed by atoms with Crippen LogP contribution in [0.5, 0.6) is 0 Å². The van der Waals surface area contributed by atoms with Crippen LogP contribution in [0.3, 0.4) is 0 Å². The highest BCUT2D eigenvalue weighted by Gasteiger charge is 2.25. The molecular weight excluding hydrogens is 248 g/mol. The molecule has 0 unspecified atom stereocenters. The van der Waals surface area contributed by atoms with Crippen molar-refractivity contribution in [2.24, 2.45) is 5.92 Å². The summed E-state index contributed by atoms with van der Waals surface area (Å²) in [6.07, 6.45) is 4.88. The number of nitrogens with one attached hydrogen (secondary N) is 1. The van der Waals surface area contributed by atoms with Gasteiger partial charge in [0.15, 0.2) is 5.13 Å². The van der Waals surface area contributed by atoms with Crippen LogP contribution in [0, 0.1) is 5.92 Å². The van der Waals surface area contributed by atoms with E-state index in [1.165, 1.54) is 17.0 Å². The van der Waals surface area contributed by atoms with Crippen molar-refractivity contribution in [1.82, 2.24) is 4.98 Å². The van der Waals surface area contributed by atoms with E-state index in [0.29, 0.717) is 6.61 Å². The Kier molecular flexibility index (Phi) is 3.35. The summed E-state index contributed by atoms with van der Waals surface area (Å²) in [5.41, 5.74) is 1.18. The molecule has 2 atom stereocenters. The van der Waals surface area contributed by atoms with Crippen LogP contribution < -0.4 is 5.32 Å². The van der Waals surface area contributed by atoms with Gasteiger partial charge in [-0.25, -0.2) is 4.98 Å². The normalized spacial score (nSPS) is 26.9. The highest BCUT2D eigenvalue weighted by atomic mass is 32.1. The van der Waals surface area contributed by atoms with E-state index in [2.05, 4.69) is 17.2 Å². The van der Waals surface area contributed by atoms with Crippen molar-refractivity contribution < 1.29 is 9.53 Å². The number of fused-ring (bicyclic) bond motifs is 1. The predicted molar refractivity (Wildman–Crippen MR) is 70.9 cm³/mol. The van der Waals surface area contributed by atoms with Gasteiger partial charge in [-0.15, -0.1) is 11.3 Å². The van der Waals surface area contributed by atoms with Crippen molar-refractivity contribution >= 4 is 22.4 Å². The van der Waals surface area contributed by atoms with Crippen molar-refractivity contribution in [3.05, 3.63) is 10.6 Å². The minimum Gasteiger partial charge on any atom is -0.368 e. The summed E-state index contributed by atoms with van der Waals surface area (Å²) in [4.78, 5) is 17.8. The summed E-state index contributed by atoms with van der Waals surface area (Å²) in [6, 6.07) is 0. The molecule has 1 fully saturated rings. The van der Waals surface area contributed by atoms with Gasteiger partial charge >= 0.3 is 0 Å². The van der Waals surface area contributed by atoms with Crippen LogP contribution in [0.25, 0.3) is 0 Å². The molecule has 1 amide bonds. The molecule has 1 N–H and O–H groups in total. The molecule has 0 radical (unpaired) electrons. The van der Waals surface area contributed by atoms with E-state index in [1.807, 2.05) is 0 Å². The number of hydrogen-bond acceptors (Lipinski definition) is 4. The maximum Gasteiger partial charge on any atom is 0.255 e. The lowest BCUT2D eigenvalue weighted by atomic mass is 9.93. The highest BCUT2D eigenvalue weighted by molar-refractivity contribution is 7.15. The lowest BCUT2D eigenvalue weighted by molar-refractivity contribution is -0.124. The summed E-state index contributed by atoms with van der Waals surface area (Å²) in [6.45, 7) is 2.97. The Morgan fingerprint density at radius 2 is 2.39 bits per heavy atom. The topological polar surface area (TPSA) is 51.2 Å². The average Bonchev–Trinajstić information content (AvgIpc) is 2.95. The Balaban J connectivity index is 1.68. The number of rotatable bonds is 2. The third kappa shape index (κ3) is 2.42. The maximum atomic E-state index is 11.9. The second kappa shape index (κ2) is 4.97. The fraction of sp³-hybridized carbons (Fsp3) is 0.692. The zero-order valence-corrected chi connectivity index (χ0v) is 11.4. The molecule has 2 aliphatic rings. The molecule has 1 aliphatic carbocycles. The van der Waals surface area contributed by atoms with E-state index in [0.717, 1.165) is 36.7 Å². The van der Waals surface area contributed by atoms with Crippen LogP contribution >= 0.6 is 11.3 Å².